The quantitative estimate of drug-likeness (QED) is 0.567. The lowest BCUT2D eigenvalue weighted by Crippen LogP contribution is -2.49. The Morgan fingerprint density at radius 1 is 1.24 bits per heavy atom. The van der Waals surface area contributed by atoms with Gasteiger partial charge in [-0.15, -0.1) is 0 Å². The number of amides is 2. The van der Waals surface area contributed by atoms with Gasteiger partial charge in [-0.05, 0) is 37.5 Å². The van der Waals surface area contributed by atoms with Crippen LogP contribution in [0.1, 0.15) is 35.3 Å². The number of aliphatic hydroxyl groups excluding tert-OH is 1. The first-order chi connectivity index (χ1) is 14.1. The minimum atomic E-state index is -0.679. The maximum absolute atomic E-state index is 12.6. The van der Waals surface area contributed by atoms with Gasteiger partial charge in [0, 0.05) is 36.3 Å². The predicted molar refractivity (Wildman–Crippen MR) is 102 cm³/mol. The summed E-state index contributed by atoms with van der Waals surface area (Å²) in [6.07, 6.45) is 4.77. The molecule has 4 rings (SSSR count). The molecule has 9 nitrogen and oxygen atoms in total. The van der Waals surface area contributed by atoms with Crippen LogP contribution in [0.15, 0.2) is 30.7 Å². The van der Waals surface area contributed by atoms with Gasteiger partial charge in [-0.25, -0.2) is 4.98 Å². The van der Waals surface area contributed by atoms with Crippen LogP contribution < -0.4 is 20.1 Å². The molecule has 2 aromatic rings. The number of fused-ring (bicyclic) bond motifs is 1. The summed E-state index contributed by atoms with van der Waals surface area (Å²) in [5.74, 6) is 0.510. The summed E-state index contributed by atoms with van der Waals surface area (Å²) >= 11 is 0. The second kappa shape index (κ2) is 8.52. The lowest BCUT2D eigenvalue weighted by atomic mass is 9.83. The van der Waals surface area contributed by atoms with E-state index in [-0.39, 0.29) is 24.5 Å². The van der Waals surface area contributed by atoms with Gasteiger partial charge in [-0.2, -0.15) is 0 Å². The molecule has 0 radical (unpaired) electrons. The smallest absolute Gasteiger partial charge is 0.251 e. The summed E-state index contributed by atoms with van der Waals surface area (Å²) in [6, 6.07) is 4.47. The van der Waals surface area contributed by atoms with Crippen LogP contribution in [0.2, 0.25) is 0 Å². The van der Waals surface area contributed by atoms with Crippen LogP contribution in [0.3, 0.4) is 0 Å². The summed E-state index contributed by atoms with van der Waals surface area (Å²) < 4.78 is 10.6. The van der Waals surface area contributed by atoms with E-state index in [4.69, 9.17) is 9.47 Å². The number of hydrogen-bond acceptors (Lipinski definition) is 6. The van der Waals surface area contributed by atoms with Crippen molar-refractivity contribution in [1.29, 1.82) is 0 Å². The lowest BCUT2D eigenvalue weighted by Gasteiger charge is -2.33. The highest BCUT2D eigenvalue weighted by Crippen LogP contribution is 2.32. The molecule has 9 heteroatoms. The van der Waals surface area contributed by atoms with Crippen molar-refractivity contribution in [2.45, 2.75) is 37.8 Å². The van der Waals surface area contributed by atoms with Gasteiger partial charge in [0.15, 0.2) is 11.5 Å². The largest absolute Gasteiger partial charge is 0.454 e. The SMILES string of the molecule is O=C(N[C@@H]1C[C@@H](C(=O)NCCc2cnc[nH]2)CC[C@H]1O)c1ccc2c(c1)OCO2. The Labute approximate surface area is 167 Å². The molecule has 1 aromatic heterocycles. The van der Waals surface area contributed by atoms with Gasteiger partial charge in [0.1, 0.15) is 0 Å². The Kier molecular flexibility index (Phi) is 5.66. The fourth-order valence-corrected chi connectivity index (χ4v) is 3.72. The Morgan fingerprint density at radius 3 is 2.93 bits per heavy atom. The van der Waals surface area contributed by atoms with Gasteiger partial charge in [-0.1, -0.05) is 0 Å². The lowest BCUT2D eigenvalue weighted by molar-refractivity contribution is -0.127. The fourth-order valence-electron chi connectivity index (χ4n) is 3.72. The molecule has 2 amide bonds. The molecule has 154 valence electrons. The van der Waals surface area contributed by atoms with Crippen molar-refractivity contribution in [3.8, 4) is 11.5 Å². The minimum absolute atomic E-state index is 0.0567. The Balaban J connectivity index is 1.31. The Bertz CT molecular complexity index is 870. The molecule has 0 saturated heterocycles. The van der Waals surface area contributed by atoms with Crippen LogP contribution in [-0.4, -0.2) is 52.4 Å². The van der Waals surface area contributed by atoms with E-state index in [0.717, 1.165) is 5.69 Å². The number of aromatic nitrogens is 2. The molecule has 0 unspecified atom stereocenters. The van der Waals surface area contributed by atoms with Gasteiger partial charge in [-0.3, -0.25) is 9.59 Å². The first-order valence-corrected chi connectivity index (χ1v) is 9.73. The zero-order valence-corrected chi connectivity index (χ0v) is 15.9. The molecular weight excluding hydrogens is 376 g/mol. The van der Waals surface area contributed by atoms with Crippen LogP contribution >= 0.6 is 0 Å². The van der Waals surface area contributed by atoms with Crippen molar-refractivity contribution in [1.82, 2.24) is 20.6 Å². The van der Waals surface area contributed by atoms with Gasteiger partial charge >= 0.3 is 0 Å². The van der Waals surface area contributed by atoms with E-state index in [9.17, 15) is 14.7 Å². The summed E-state index contributed by atoms with van der Waals surface area (Å²) in [7, 11) is 0. The number of ether oxygens (including phenoxy) is 2. The fraction of sp³-hybridized carbons (Fsp3) is 0.450. The molecular formula is C20H24N4O5. The molecule has 1 aliphatic carbocycles. The minimum Gasteiger partial charge on any atom is -0.454 e. The standard InChI is InChI=1S/C20H24N4O5/c25-16-3-1-12(19(26)22-6-5-14-9-21-10-23-14)7-15(16)24-20(27)13-2-4-17-18(8-13)29-11-28-17/h2,4,8-10,12,15-16,25H,1,3,5-7,11H2,(H,21,23)(H,22,26)(H,24,27)/t12-,15+,16+/m0/s1. The van der Waals surface area contributed by atoms with E-state index in [1.165, 1.54) is 0 Å². The first kappa shape index (κ1) is 19.3. The normalized spacial score (nSPS) is 22.9. The highest BCUT2D eigenvalue weighted by Gasteiger charge is 2.34. The predicted octanol–water partition coefficient (Wildman–Crippen LogP) is 0.757. The number of carbonyl (C=O) groups excluding carboxylic acids is 2. The maximum atomic E-state index is 12.6. The summed E-state index contributed by atoms with van der Waals surface area (Å²) in [5, 5.41) is 16.1. The average molecular weight is 400 g/mol. The van der Waals surface area contributed by atoms with Crippen LogP contribution in [0.4, 0.5) is 0 Å². The van der Waals surface area contributed by atoms with E-state index in [2.05, 4.69) is 20.6 Å². The number of rotatable bonds is 6. The highest BCUT2D eigenvalue weighted by molar-refractivity contribution is 5.95. The number of nitrogens with one attached hydrogen (secondary N) is 3. The van der Waals surface area contributed by atoms with Gasteiger partial charge in [0.2, 0.25) is 12.7 Å². The van der Waals surface area contributed by atoms with Crippen molar-refractivity contribution >= 4 is 11.8 Å². The van der Waals surface area contributed by atoms with Gasteiger partial charge in [0.05, 0.1) is 18.5 Å². The van der Waals surface area contributed by atoms with Crippen molar-refractivity contribution in [2.24, 2.45) is 5.92 Å². The number of benzene rings is 1. The molecule has 4 N–H and O–H groups in total. The highest BCUT2D eigenvalue weighted by atomic mass is 16.7. The summed E-state index contributed by atoms with van der Waals surface area (Å²) in [4.78, 5) is 32.1. The van der Waals surface area contributed by atoms with Crippen LogP contribution in [0, 0.1) is 5.92 Å². The third-order valence-electron chi connectivity index (χ3n) is 5.38. The zero-order chi connectivity index (χ0) is 20.2. The second-order valence-corrected chi connectivity index (χ2v) is 7.34. The number of imidazole rings is 1. The molecule has 2 heterocycles. The topological polar surface area (TPSA) is 126 Å². The second-order valence-electron chi connectivity index (χ2n) is 7.34. The maximum Gasteiger partial charge on any atom is 0.251 e. The van der Waals surface area contributed by atoms with Crippen LogP contribution in [0.25, 0.3) is 0 Å². The number of hydrogen-bond donors (Lipinski definition) is 4. The molecule has 1 aromatic carbocycles. The van der Waals surface area contributed by atoms with Crippen molar-refractivity contribution < 1.29 is 24.2 Å². The van der Waals surface area contributed by atoms with Crippen LogP contribution in [0.5, 0.6) is 11.5 Å². The molecule has 1 aliphatic heterocycles. The number of H-pyrrole nitrogens is 1. The molecule has 2 aliphatic rings. The number of aliphatic hydroxyl groups is 1. The average Bonchev–Trinajstić information content (AvgIpc) is 3.40. The van der Waals surface area contributed by atoms with E-state index < -0.39 is 12.1 Å². The number of nitrogens with zero attached hydrogens (tertiary/aromatic N) is 1. The van der Waals surface area contributed by atoms with E-state index >= 15 is 0 Å². The monoisotopic (exact) mass is 400 g/mol. The van der Waals surface area contributed by atoms with Gasteiger partial charge < -0.3 is 30.2 Å². The molecule has 0 bridgehead atoms. The third kappa shape index (κ3) is 4.51. The zero-order valence-electron chi connectivity index (χ0n) is 15.9. The molecule has 3 atom stereocenters. The molecule has 1 fully saturated rings. The number of carbonyl (C=O) groups is 2. The summed E-state index contributed by atoms with van der Waals surface area (Å²) in [6.45, 7) is 0.646. The van der Waals surface area contributed by atoms with Gasteiger partial charge in [0.25, 0.3) is 5.91 Å². The van der Waals surface area contributed by atoms with Crippen molar-refractivity contribution in [2.75, 3.05) is 13.3 Å². The molecule has 1 saturated carbocycles. The van der Waals surface area contributed by atoms with Crippen molar-refractivity contribution in [3.05, 3.63) is 42.0 Å². The summed E-state index contributed by atoms with van der Waals surface area (Å²) in [5.41, 5.74) is 1.38. The van der Waals surface area contributed by atoms with Crippen LogP contribution in [-0.2, 0) is 11.2 Å². The molecule has 0 spiro atoms. The van der Waals surface area contributed by atoms with Crippen molar-refractivity contribution in [3.63, 3.8) is 0 Å². The first-order valence-electron chi connectivity index (χ1n) is 9.73. The number of aromatic amines is 1. The Hall–Kier alpha value is -3.07. The van der Waals surface area contributed by atoms with E-state index in [1.54, 1.807) is 30.7 Å². The molecule has 29 heavy (non-hydrogen) atoms. The van der Waals surface area contributed by atoms with E-state index in [1.807, 2.05) is 0 Å². The van der Waals surface area contributed by atoms with E-state index in [0.29, 0.717) is 49.3 Å². The third-order valence-corrected chi connectivity index (χ3v) is 5.38. The Morgan fingerprint density at radius 2 is 2.10 bits per heavy atom.